The molecule has 0 spiro atoms. The molecule has 0 aliphatic carbocycles. The molecular formula is C12H10ClN3S. The van der Waals surface area contributed by atoms with Gasteiger partial charge in [-0.15, -0.1) is 11.3 Å². The second kappa shape index (κ2) is 4.74. The van der Waals surface area contributed by atoms with Crippen molar-refractivity contribution in [2.75, 3.05) is 5.32 Å². The van der Waals surface area contributed by atoms with E-state index < -0.39 is 0 Å². The first kappa shape index (κ1) is 11.9. The van der Waals surface area contributed by atoms with Gasteiger partial charge in [-0.1, -0.05) is 17.7 Å². The largest absolute Gasteiger partial charge is 0.337 e. The molecule has 3 nitrogen and oxygen atoms in total. The molecule has 0 saturated carbocycles. The zero-order valence-electron chi connectivity index (χ0n) is 9.41. The predicted octanol–water partition coefficient (Wildman–Crippen LogP) is 4.03. The van der Waals surface area contributed by atoms with Gasteiger partial charge in [-0.3, -0.25) is 0 Å². The van der Waals surface area contributed by atoms with Crippen molar-refractivity contribution in [2.45, 2.75) is 13.8 Å². The summed E-state index contributed by atoms with van der Waals surface area (Å²) in [6, 6.07) is 6.02. The number of nitriles is 1. The summed E-state index contributed by atoms with van der Waals surface area (Å²) in [5.41, 5.74) is 4.58. The number of halogens is 1. The van der Waals surface area contributed by atoms with Crippen LogP contribution in [0.5, 0.6) is 0 Å². The van der Waals surface area contributed by atoms with E-state index in [2.05, 4.69) is 16.4 Å². The van der Waals surface area contributed by atoms with Crippen LogP contribution in [0.25, 0.3) is 0 Å². The Morgan fingerprint density at radius 3 is 2.82 bits per heavy atom. The van der Waals surface area contributed by atoms with E-state index in [1.54, 1.807) is 5.51 Å². The molecule has 0 atom stereocenters. The standard InChI is InChI=1S/C12H10ClN3S/c1-7-3-8(2)11(9(13)4-7)16-12-10(5-14)17-6-15-12/h3-4,6,16H,1-2H3. The van der Waals surface area contributed by atoms with E-state index >= 15 is 0 Å². The number of hydrogen-bond donors (Lipinski definition) is 1. The fourth-order valence-corrected chi connectivity index (χ4v) is 2.51. The predicted molar refractivity (Wildman–Crippen MR) is 71.0 cm³/mol. The minimum atomic E-state index is 0.557. The molecule has 0 amide bonds. The number of aryl methyl sites for hydroxylation is 2. The first-order chi connectivity index (χ1) is 8.11. The second-order valence-electron chi connectivity index (χ2n) is 3.71. The van der Waals surface area contributed by atoms with Crippen LogP contribution in [0.3, 0.4) is 0 Å². The fourth-order valence-electron chi connectivity index (χ4n) is 1.61. The Bertz CT molecular complexity index is 575. The van der Waals surface area contributed by atoms with Crippen LogP contribution in [0.4, 0.5) is 11.5 Å². The Labute approximate surface area is 109 Å². The molecule has 1 aromatic carbocycles. The molecule has 0 fully saturated rings. The molecule has 0 aliphatic heterocycles. The van der Waals surface area contributed by atoms with Crippen molar-refractivity contribution in [3.05, 3.63) is 38.7 Å². The maximum Gasteiger partial charge on any atom is 0.159 e. The van der Waals surface area contributed by atoms with Gasteiger partial charge < -0.3 is 5.32 Å². The third-order valence-electron chi connectivity index (χ3n) is 2.34. The summed E-state index contributed by atoms with van der Waals surface area (Å²) < 4.78 is 0. The van der Waals surface area contributed by atoms with Crippen molar-refractivity contribution in [2.24, 2.45) is 0 Å². The number of aromatic nitrogens is 1. The quantitative estimate of drug-likeness (QED) is 0.890. The van der Waals surface area contributed by atoms with E-state index in [4.69, 9.17) is 16.9 Å². The van der Waals surface area contributed by atoms with Crippen LogP contribution < -0.4 is 5.32 Å². The van der Waals surface area contributed by atoms with Crippen LogP contribution in [0, 0.1) is 25.2 Å². The Kier molecular flexibility index (Phi) is 3.32. The van der Waals surface area contributed by atoms with Gasteiger partial charge in [-0.2, -0.15) is 5.26 Å². The molecule has 1 aromatic heterocycles. The normalized spacial score (nSPS) is 10.0. The number of rotatable bonds is 2. The summed E-state index contributed by atoms with van der Waals surface area (Å²) in [6.45, 7) is 3.96. The highest BCUT2D eigenvalue weighted by Gasteiger charge is 2.10. The summed E-state index contributed by atoms with van der Waals surface area (Å²) in [5, 5.41) is 12.7. The minimum Gasteiger partial charge on any atom is -0.337 e. The van der Waals surface area contributed by atoms with E-state index in [9.17, 15) is 0 Å². The Hall–Kier alpha value is -1.57. The highest BCUT2D eigenvalue weighted by Crippen LogP contribution is 2.31. The van der Waals surface area contributed by atoms with E-state index in [0.29, 0.717) is 15.7 Å². The Morgan fingerprint density at radius 2 is 2.18 bits per heavy atom. The lowest BCUT2D eigenvalue weighted by atomic mass is 10.1. The number of benzene rings is 1. The topological polar surface area (TPSA) is 48.7 Å². The van der Waals surface area contributed by atoms with E-state index in [1.165, 1.54) is 11.3 Å². The molecule has 0 aliphatic rings. The molecule has 1 N–H and O–H groups in total. The van der Waals surface area contributed by atoms with Crippen molar-refractivity contribution in [3.63, 3.8) is 0 Å². The average Bonchev–Trinajstić information content (AvgIpc) is 2.70. The van der Waals surface area contributed by atoms with Crippen molar-refractivity contribution >= 4 is 34.4 Å². The van der Waals surface area contributed by atoms with Gasteiger partial charge in [0.15, 0.2) is 5.82 Å². The molecule has 17 heavy (non-hydrogen) atoms. The molecular weight excluding hydrogens is 254 g/mol. The highest BCUT2D eigenvalue weighted by molar-refractivity contribution is 7.10. The second-order valence-corrected chi connectivity index (χ2v) is 4.97. The van der Waals surface area contributed by atoms with Gasteiger partial charge in [0.25, 0.3) is 0 Å². The first-order valence-electron chi connectivity index (χ1n) is 4.99. The summed E-state index contributed by atoms with van der Waals surface area (Å²) in [6.07, 6.45) is 0. The lowest BCUT2D eigenvalue weighted by Gasteiger charge is -2.10. The molecule has 1 heterocycles. The van der Waals surface area contributed by atoms with E-state index in [-0.39, 0.29) is 0 Å². The third kappa shape index (κ3) is 2.41. The van der Waals surface area contributed by atoms with Crippen LogP contribution in [0.1, 0.15) is 16.0 Å². The van der Waals surface area contributed by atoms with Gasteiger partial charge in [0.2, 0.25) is 0 Å². The smallest absolute Gasteiger partial charge is 0.159 e. The Morgan fingerprint density at radius 1 is 1.41 bits per heavy atom. The van der Waals surface area contributed by atoms with E-state index in [0.717, 1.165) is 16.8 Å². The van der Waals surface area contributed by atoms with Gasteiger partial charge in [-0.05, 0) is 31.0 Å². The lowest BCUT2D eigenvalue weighted by Crippen LogP contribution is -1.96. The molecule has 0 radical (unpaired) electrons. The number of nitrogens with one attached hydrogen (secondary N) is 1. The van der Waals surface area contributed by atoms with Gasteiger partial charge in [0.1, 0.15) is 10.9 Å². The summed E-state index contributed by atoms with van der Waals surface area (Å²) in [7, 11) is 0. The van der Waals surface area contributed by atoms with E-state index in [1.807, 2.05) is 26.0 Å². The number of nitrogens with zero attached hydrogens (tertiary/aromatic N) is 2. The zero-order chi connectivity index (χ0) is 12.4. The number of hydrogen-bond acceptors (Lipinski definition) is 4. The van der Waals surface area contributed by atoms with Gasteiger partial charge in [0, 0.05) is 0 Å². The van der Waals surface area contributed by atoms with Gasteiger partial charge >= 0.3 is 0 Å². The summed E-state index contributed by atoms with van der Waals surface area (Å²) in [4.78, 5) is 4.67. The molecule has 0 bridgehead atoms. The summed E-state index contributed by atoms with van der Waals surface area (Å²) in [5.74, 6) is 0.561. The van der Waals surface area contributed by atoms with Gasteiger partial charge in [-0.25, -0.2) is 4.98 Å². The van der Waals surface area contributed by atoms with Crippen molar-refractivity contribution in [1.82, 2.24) is 4.98 Å². The molecule has 86 valence electrons. The fraction of sp³-hybridized carbons (Fsp3) is 0.167. The average molecular weight is 264 g/mol. The van der Waals surface area contributed by atoms with Crippen LogP contribution in [-0.4, -0.2) is 4.98 Å². The highest BCUT2D eigenvalue weighted by atomic mass is 35.5. The molecule has 5 heteroatoms. The molecule has 2 rings (SSSR count). The maximum absolute atomic E-state index is 8.92. The van der Waals surface area contributed by atoms with Crippen LogP contribution in [-0.2, 0) is 0 Å². The van der Waals surface area contributed by atoms with Crippen LogP contribution in [0.2, 0.25) is 5.02 Å². The van der Waals surface area contributed by atoms with Crippen molar-refractivity contribution in [1.29, 1.82) is 5.26 Å². The monoisotopic (exact) mass is 263 g/mol. The molecule has 0 unspecified atom stereocenters. The SMILES string of the molecule is Cc1cc(C)c(Nc2ncsc2C#N)c(Cl)c1. The minimum absolute atomic E-state index is 0.557. The number of anilines is 2. The lowest BCUT2D eigenvalue weighted by molar-refractivity contribution is 1.32. The van der Waals surface area contributed by atoms with Crippen molar-refractivity contribution < 1.29 is 0 Å². The third-order valence-corrected chi connectivity index (χ3v) is 3.37. The molecule has 0 saturated heterocycles. The van der Waals surface area contributed by atoms with Crippen molar-refractivity contribution in [3.8, 4) is 6.07 Å². The van der Waals surface area contributed by atoms with Gasteiger partial charge in [0.05, 0.1) is 16.2 Å². The zero-order valence-corrected chi connectivity index (χ0v) is 11.0. The first-order valence-corrected chi connectivity index (χ1v) is 6.25. The number of thiazole rings is 1. The maximum atomic E-state index is 8.92. The van der Waals surface area contributed by atoms with Crippen LogP contribution >= 0.6 is 22.9 Å². The molecule has 2 aromatic rings. The Balaban J connectivity index is 2.41. The summed E-state index contributed by atoms with van der Waals surface area (Å²) >= 11 is 7.48. The van der Waals surface area contributed by atoms with Crippen LogP contribution in [0.15, 0.2) is 17.6 Å².